The van der Waals surface area contributed by atoms with Crippen molar-refractivity contribution in [1.82, 2.24) is 10.3 Å². The number of fused-ring (bicyclic) bond motifs is 1. The van der Waals surface area contributed by atoms with E-state index in [-0.39, 0.29) is 11.6 Å². The van der Waals surface area contributed by atoms with E-state index in [4.69, 9.17) is 5.11 Å². The van der Waals surface area contributed by atoms with E-state index in [2.05, 4.69) is 15.6 Å². The van der Waals surface area contributed by atoms with Gasteiger partial charge in [-0.15, -0.1) is 0 Å². The van der Waals surface area contributed by atoms with Gasteiger partial charge < -0.3 is 15.7 Å². The second kappa shape index (κ2) is 6.01. The Balaban J connectivity index is 2.30. The molecular formula is C14H15N3O3. The molecule has 0 saturated carbocycles. The molecule has 2 aromatic rings. The molecule has 1 aromatic heterocycles. The third kappa shape index (κ3) is 3.03. The molecule has 0 saturated heterocycles. The summed E-state index contributed by atoms with van der Waals surface area (Å²) in [4.78, 5) is 26.3. The van der Waals surface area contributed by atoms with E-state index in [0.29, 0.717) is 24.2 Å². The number of aromatic carboxylic acids is 1. The SMILES string of the molecule is CNC(=O)CCNc1cc(C(=O)O)nc2ccccc12. The maximum atomic E-state index is 11.2. The fourth-order valence-electron chi connectivity index (χ4n) is 1.87. The van der Waals surface area contributed by atoms with E-state index >= 15 is 0 Å². The number of carboxylic acids is 1. The lowest BCUT2D eigenvalue weighted by Gasteiger charge is -2.10. The third-order valence-electron chi connectivity index (χ3n) is 2.88. The highest BCUT2D eigenvalue weighted by atomic mass is 16.4. The lowest BCUT2D eigenvalue weighted by atomic mass is 10.1. The summed E-state index contributed by atoms with van der Waals surface area (Å²) in [7, 11) is 1.58. The first-order chi connectivity index (χ1) is 9.61. The highest BCUT2D eigenvalue weighted by Crippen LogP contribution is 2.23. The molecule has 104 valence electrons. The van der Waals surface area contributed by atoms with Crippen LogP contribution in [-0.2, 0) is 4.79 Å². The molecule has 3 N–H and O–H groups in total. The van der Waals surface area contributed by atoms with Crippen LogP contribution in [0.5, 0.6) is 0 Å². The standard InChI is InChI=1S/C14H15N3O3/c1-15-13(18)6-7-16-11-8-12(14(19)20)17-10-5-3-2-4-9(10)11/h2-5,8H,6-7H2,1H3,(H,15,18)(H,16,17)(H,19,20). The Morgan fingerprint density at radius 3 is 2.75 bits per heavy atom. The van der Waals surface area contributed by atoms with Gasteiger partial charge in [0.1, 0.15) is 0 Å². The zero-order valence-corrected chi connectivity index (χ0v) is 11.0. The summed E-state index contributed by atoms with van der Waals surface area (Å²) >= 11 is 0. The van der Waals surface area contributed by atoms with Crippen LogP contribution in [-0.4, -0.2) is 35.6 Å². The molecule has 20 heavy (non-hydrogen) atoms. The average molecular weight is 273 g/mol. The molecule has 1 aromatic carbocycles. The Hall–Kier alpha value is -2.63. The molecule has 6 nitrogen and oxygen atoms in total. The summed E-state index contributed by atoms with van der Waals surface area (Å²) < 4.78 is 0. The Morgan fingerprint density at radius 1 is 1.30 bits per heavy atom. The first-order valence-electron chi connectivity index (χ1n) is 6.19. The molecular weight excluding hydrogens is 258 g/mol. The van der Waals surface area contributed by atoms with Gasteiger partial charge in [-0.3, -0.25) is 4.79 Å². The Kier molecular flexibility index (Phi) is 4.14. The number of hydrogen-bond acceptors (Lipinski definition) is 4. The molecule has 0 bridgehead atoms. The lowest BCUT2D eigenvalue weighted by Crippen LogP contribution is -2.21. The number of nitrogens with one attached hydrogen (secondary N) is 2. The van der Waals surface area contributed by atoms with E-state index < -0.39 is 5.97 Å². The number of carbonyl (C=O) groups excluding carboxylic acids is 1. The van der Waals surface area contributed by atoms with Crippen molar-refractivity contribution in [3.8, 4) is 0 Å². The number of para-hydroxylation sites is 1. The zero-order valence-electron chi connectivity index (χ0n) is 11.0. The van der Waals surface area contributed by atoms with Gasteiger partial charge in [-0.1, -0.05) is 18.2 Å². The number of anilines is 1. The van der Waals surface area contributed by atoms with E-state index in [1.807, 2.05) is 12.1 Å². The molecule has 0 aliphatic carbocycles. The maximum Gasteiger partial charge on any atom is 0.354 e. The minimum absolute atomic E-state index is 0.0221. The Morgan fingerprint density at radius 2 is 2.05 bits per heavy atom. The van der Waals surface area contributed by atoms with Gasteiger partial charge in [0.15, 0.2) is 5.69 Å². The van der Waals surface area contributed by atoms with Gasteiger partial charge in [-0.2, -0.15) is 0 Å². The number of benzene rings is 1. The van der Waals surface area contributed by atoms with Crippen LogP contribution in [0.2, 0.25) is 0 Å². The summed E-state index contributed by atoms with van der Waals surface area (Å²) in [6.07, 6.45) is 0.315. The maximum absolute atomic E-state index is 11.2. The number of nitrogens with zero attached hydrogens (tertiary/aromatic N) is 1. The van der Waals surface area contributed by atoms with Crippen molar-refractivity contribution in [2.75, 3.05) is 18.9 Å². The summed E-state index contributed by atoms with van der Waals surface area (Å²) in [5.41, 5.74) is 1.25. The highest BCUT2D eigenvalue weighted by molar-refractivity contribution is 5.97. The van der Waals surface area contributed by atoms with Crippen LogP contribution in [0.25, 0.3) is 10.9 Å². The van der Waals surface area contributed by atoms with Crippen LogP contribution < -0.4 is 10.6 Å². The van der Waals surface area contributed by atoms with Gasteiger partial charge in [-0.05, 0) is 12.1 Å². The van der Waals surface area contributed by atoms with Gasteiger partial charge in [0.05, 0.1) is 5.52 Å². The highest BCUT2D eigenvalue weighted by Gasteiger charge is 2.10. The molecule has 1 heterocycles. The van der Waals surface area contributed by atoms with Crippen LogP contribution >= 0.6 is 0 Å². The topological polar surface area (TPSA) is 91.3 Å². The van der Waals surface area contributed by atoms with Crippen molar-refractivity contribution in [3.05, 3.63) is 36.0 Å². The van der Waals surface area contributed by atoms with Gasteiger partial charge in [0.25, 0.3) is 0 Å². The first-order valence-corrected chi connectivity index (χ1v) is 6.19. The van der Waals surface area contributed by atoms with Gasteiger partial charge in [0.2, 0.25) is 5.91 Å². The molecule has 0 fully saturated rings. The minimum Gasteiger partial charge on any atom is -0.477 e. The molecule has 0 aliphatic rings. The van der Waals surface area contributed by atoms with Crippen molar-refractivity contribution in [2.45, 2.75) is 6.42 Å². The van der Waals surface area contributed by atoms with Crippen LogP contribution in [0, 0.1) is 0 Å². The smallest absolute Gasteiger partial charge is 0.354 e. The molecule has 0 aliphatic heterocycles. The van der Waals surface area contributed by atoms with Gasteiger partial charge >= 0.3 is 5.97 Å². The van der Waals surface area contributed by atoms with Crippen LogP contribution in [0.15, 0.2) is 30.3 Å². The van der Waals surface area contributed by atoms with Crippen LogP contribution in [0.1, 0.15) is 16.9 Å². The van der Waals surface area contributed by atoms with Gasteiger partial charge in [0, 0.05) is 31.1 Å². The lowest BCUT2D eigenvalue weighted by molar-refractivity contribution is -0.120. The van der Waals surface area contributed by atoms with E-state index in [1.165, 1.54) is 6.07 Å². The van der Waals surface area contributed by atoms with Crippen LogP contribution in [0.4, 0.5) is 5.69 Å². The summed E-state index contributed by atoms with van der Waals surface area (Å²) in [5, 5.41) is 15.5. The molecule has 0 radical (unpaired) electrons. The molecule has 2 rings (SSSR count). The second-order valence-electron chi connectivity index (χ2n) is 4.23. The van der Waals surface area contributed by atoms with Crippen LogP contribution in [0.3, 0.4) is 0 Å². The predicted molar refractivity (Wildman–Crippen MR) is 75.9 cm³/mol. The fourth-order valence-corrected chi connectivity index (χ4v) is 1.87. The normalized spacial score (nSPS) is 10.2. The number of pyridine rings is 1. The van der Waals surface area contributed by atoms with E-state index in [1.54, 1.807) is 19.2 Å². The molecule has 0 atom stereocenters. The number of carboxylic acid groups (broad SMARTS) is 1. The molecule has 6 heteroatoms. The quantitative estimate of drug-likeness (QED) is 0.767. The largest absolute Gasteiger partial charge is 0.477 e. The number of hydrogen-bond donors (Lipinski definition) is 3. The summed E-state index contributed by atoms with van der Waals surface area (Å²) in [6, 6.07) is 8.75. The molecule has 1 amide bonds. The number of carbonyl (C=O) groups is 2. The number of amides is 1. The van der Waals surface area contributed by atoms with Gasteiger partial charge in [-0.25, -0.2) is 9.78 Å². The van der Waals surface area contributed by atoms with E-state index in [9.17, 15) is 9.59 Å². The second-order valence-corrected chi connectivity index (χ2v) is 4.23. The fraction of sp³-hybridized carbons (Fsp3) is 0.214. The Bertz CT molecular complexity index is 655. The third-order valence-corrected chi connectivity index (χ3v) is 2.88. The first kappa shape index (κ1) is 13.8. The van der Waals surface area contributed by atoms with Crippen molar-refractivity contribution in [2.24, 2.45) is 0 Å². The zero-order chi connectivity index (χ0) is 14.5. The molecule has 0 unspecified atom stereocenters. The number of aromatic nitrogens is 1. The molecule has 0 spiro atoms. The Labute approximate surface area is 115 Å². The van der Waals surface area contributed by atoms with Crippen molar-refractivity contribution in [1.29, 1.82) is 0 Å². The predicted octanol–water partition coefficient (Wildman–Crippen LogP) is 1.48. The summed E-state index contributed by atoms with van der Waals surface area (Å²) in [5.74, 6) is -1.15. The monoisotopic (exact) mass is 273 g/mol. The van der Waals surface area contributed by atoms with E-state index in [0.717, 1.165) is 5.39 Å². The number of rotatable bonds is 5. The van der Waals surface area contributed by atoms with Crippen molar-refractivity contribution in [3.63, 3.8) is 0 Å². The summed E-state index contributed by atoms with van der Waals surface area (Å²) in [6.45, 7) is 0.423. The minimum atomic E-state index is -1.08. The van der Waals surface area contributed by atoms with Crippen molar-refractivity contribution < 1.29 is 14.7 Å². The van der Waals surface area contributed by atoms with Crippen molar-refractivity contribution >= 4 is 28.5 Å². The average Bonchev–Trinajstić information content (AvgIpc) is 2.46.